The summed E-state index contributed by atoms with van der Waals surface area (Å²) in [6.07, 6.45) is 4.92. The molecule has 2 rings (SSSR count). The lowest BCUT2D eigenvalue weighted by Crippen LogP contribution is -2.55. The quantitative estimate of drug-likeness (QED) is 0.664. The summed E-state index contributed by atoms with van der Waals surface area (Å²) in [5.74, 6) is 0.559. The molecule has 0 radical (unpaired) electrons. The monoisotopic (exact) mass is 220 g/mol. The van der Waals surface area contributed by atoms with Crippen LogP contribution in [0.5, 0.6) is 0 Å². The predicted molar refractivity (Wildman–Crippen MR) is 69.6 cm³/mol. The first kappa shape index (κ1) is 11.7. The van der Waals surface area contributed by atoms with Crippen molar-refractivity contribution in [1.82, 2.24) is 5.01 Å². The Labute approximate surface area is 99.4 Å². The Morgan fingerprint density at radius 3 is 2.44 bits per heavy atom. The van der Waals surface area contributed by atoms with Crippen LogP contribution in [0.3, 0.4) is 0 Å². The van der Waals surface area contributed by atoms with Crippen LogP contribution < -0.4 is 0 Å². The van der Waals surface area contributed by atoms with Crippen molar-refractivity contribution < 1.29 is 0 Å². The molecule has 0 spiro atoms. The van der Waals surface area contributed by atoms with E-state index >= 15 is 0 Å². The molecule has 2 nitrogen and oxygen atoms in total. The van der Waals surface area contributed by atoms with E-state index in [0.717, 1.165) is 6.42 Å². The van der Waals surface area contributed by atoms with E-state index in [2.05, 4.69) is 39.3 Å². The van der Waals surface area contributed by atoms with Gasteiger partial charge in [-0.1, -0.05) is 20.4 Å². The second kappa shape index (κ2) is 3.90. The van der Waals surface area contributed by atoms with E-state index in [0.29, 0.717) is 12.0 Å². The first-order valence-corrected chi connectivity index (χ1v) is 6.50. The molecule has 1 aliphatic carbocycles. The van der Waals surface area contributed by atoms with Crippen LogP contribution in [-0.2, 0) is 0 Å². The van der Waals surface area contributed by atoms with Crippen LogP contribution in [-0.4, -0.2) is 22.3 Å². The van der Waals surface area contributed by atoms with Gasteiger partial charge >= 0.3 is 0 Å². The maximum absolute atomic E-state index is 4.76. The minimum Gasteiger partial charge on any atom is -0.284 e. The van der Waals surface area contributed by atoms with Crippen molar-refractivity contribution in [2.24, 2.45) is 11.0 Å². The zero-order chi connectivity index (χ0) is 11.9. The maximum atomic E-state index is 4.76. The smallest absolute Gasteiger partial charge is 0.0790 e. The number of hydrogen-bond donors (Lipinski definition) is 0. The third-order valence-corrected chi connectivity index (χ3v) is 4.20. The fourth-order valence-corrected chi connectivity index (χ4v) is 3.10. The summed E-state index contributed by atoms with van der Waals surface area (Å²) >= 11 is 0. The van der Waals surface area contributed by atoms with Gasteiger partial charge < -0.3 is 0 Å². The Morgan fingerprint density at radius 1 is 1.50 bits per heavy atom. The van der Waals surface area contributed by atoms with E-state index in [4.69, 9.17) is 5.10 Å². The van der Waals surface area contributed by atoms with Crippen molar-refractivity contribution in [2.75, 3.05) is 0 Å². The molecule has 1 aliphatic heterocycles. The molecule has 1 atom stereocenters. The van der Waals surface area contributed by atoms with Crippen molar-refractivity contribution in [3.63, 3.8) is 0 Å². The normalized spacial score (nSPS) is 27.9. The summed E-state index contributed by atoms with van der Waals surface area (Å²) < 4.78 is 0. The van der Waals surface area contributed by atoms with Crippen LogP contribution in [0.25, 0.3) is 0 Å². The topological polar surface area (TPSA) is 15.6 Å². The lowest BCUT2D eigenvalue weighted by Gasteiger charge is -2.52. The standard InChI is InChI=1S/C14H24N2/c1-10(2)13(5)14(7-6-8-14)16-12(4)9-11(3)15-16/h10,12H,5-9H2,1-4H3. The highest BCUT2D eigenvalue weighted by Gasteiger charge is 2.48. The van der Waals surface area contributed by atoms with Crippen LogP contribution in [0, 0.1) is 5.92 Å². The molecular weight excluding hydrogens is 196 g/mol. The highest BCUT2D eigenvalue weighted by Crippen LogP contribution is 2.47. The molecule has 0 N–H and O–H groups in total. The molecule has 1 unspecified atom stereocenters. The highest BCUT2D eigenvalue weighted by atomic mass is 15.5. The van der Waals surface area contributed by atoms with Gasteiger partial charge in [0.15, 0.2) is 0 Å². The molecule has 0 aromatic heterocycles. The van der Waals surface area contributed by atoms with Gasteiger partial charge in [-0.2, -0.15) is 5.10 Å². The lowest BCUT2D eigenvalue weighted by molar-refractivity contribution is 0.0244. The van der Waals surface area contributed by atoms with E-state index in [1.54, 1.807) is 0 Å². The van der Waals surface area contributed by atoms with Gasteiger partial charge in [-0.05, 0) is 44.6 Å². The minimum atomic E-state index is 0.186. The zero-order valence-corrected chi connectivity index (χ0v) is 11.1. The molecule has 1 heterocycles. The van der Waals surface area contributed by atoms with Crippen molar-refractivity contribution in [2.45, 2.75) is 65.0 Å². The minimum absolute atomic E-state index is 0.186. The molecule has 16 heavy (non-hydrogen) atoms. The predicted octanol–water partition coefficient (Wildman–Crippen LogP) is 3.59. The molecule has 0 saturated heterocycles. The fraction of sp³-hybridized carbons (Fsp3) is 0.786. The van der Waals surface area contributed by atoms with Crippen LogP contribution in [0.4, 0.5) is 0 Å². The lowest BCUT2D eigenvalue weighted by atomic mass is 9.68. The number of hydrogen-bond acceptors (Lipinski definition) is 2. The van der Waals surface area contributed by atoms with Crippen LogP contribution in [0.2, 0.25) is 0 Å². The van der Waals surface area contributed by atoms with Crippen molar-refractivity contribution >= 4 is 5.71 Å². The second-order valence-electron chi connectivity index (χ2n) is 5.80. The van der Waals surface area contributed by atoms with Crippen molar-refractivity contribution in [3.8, 4) is 0 Å². The summed E-state index contributed by atoms with van der Waals surface area (Å²) in [7, 11) is 0. The van der Waals surface area contributed by atoms with Crippen molar-refractivity contribution in [3.05, 3.63) is 12.2 Å². The third kappa shape index (κ3) is 1.59. The molecule has 0 aromatic carbocycles. The summed E-state index contributed by atoms with van der Waals surface area (Å²) in [5, 5.41) is 7.11. The maximum Gasteiger partial charge on any atom is 0.0790 e. The van der Waals surface area contributed by atoms with E-state index in [-0.39, 0.29) is 5.54 Å². The first-order chi connectivity index (χ1) is 7.47. The fourth-order valence-electron chi connectivity index (χ4n) is 3.10. The molecule has 1 fully saturated rings. The second-order valence-corrected chi connectivity index (χ2v) is 5.80. The van der Waals surface area contributed by atoms with Gasteiger partial charge in [-0.15, -0.1) is 0 Å². The van der Waals surface area contributed by atoms with Crippen LogP contribution >= 0.6 is 0 Å². The Hall–Kier alpha value is -0.790. The van der Waals surface area contributed by atoms with E-state index < -0.39 is 0 Å². The van der Waals surface area contributed by atoms with Crippen LogP contribution in [0.1, 0.15) is 53.4 Å². The van der Waals surface area contributed by atoms with Gasteiger partial charge in [-0.25, -0.2) is 0 Å². The average molecular weight is 220 g/mol. The molecule has 90 valence electrons. The molecule has 2 heteroatoms. The molecule has 0 bridgehead atoms. The van der Waals surface area contributed by atoms with Gasteiger partial charge in [0.25, 0.3) is 0 Å². The highest BCUT2D eigenvalue weighted by molar-refractivity contribution is 5.83. The van der Waals surface area contributed by atoms with Gasteiger partial charge in [0.2, 0.25) is 0 Å². The molecule has 0 amide bonds. The van der Waals surface area contributed by atoms with Gasteiger partial charge in [0.05, 0.1) is 11.6 Å². The number of rotatable bonds is 3. The SMILES string of the molecule is C=C(C(C)C)C1(N2N=C(C)CC2C)CCC1. The summed E-state index contributed by atoms with van der Waals surface area (Å²) in [6.45, 7) is 13.3. The van der Waals surface area contributed by atoms with Crippen LogP contribution in [0.15, 0.2) is 17.3 Å². The van der Waals surface area contributed by atoms with E-state index in [9.17, 15) is 0 Å². The Morgan fingerprint density at radius 2 is 2.12 bits per heavy atom. The Balaban J connectivity index is 2.25. The summed E-state index contributed by atoms with van der Waals surface area (Å²) in [6, 6.07) is 0.552. The molecule has 1 saturated carbocycles. The summed E-state index contributed by atoms with van der Waals surface area (Å²) in [5.41, 5.74) is 2.84. The van der Waals surface area contributed by atoms with Gasteiger partial charge in [-0.3, -0.25) is 5.01 Å². The molecular formula is C14H24N2. The number of nitrogens with zero attached hydrogens (tertiary/aromatic N) is 2. The third-order valence-electron chi connectivity index (χ3n) is 4.20. The first-order valence-electron chi connectivity index (χ1n) is 6.50. The number of hydrazone groups is 1. The van der Waals surface area contributed by atoms with Crippen molar-refractivity contribution in [1.29, 1.82) is 0 Å². The Bertz CT molecular complexity index is 324. The molecule has 2 aliphatic rings. The van der Waals surface area contributed by atoms with Gasteiger partial charge in [0.1, 0.15) is 0 Å². The van der Waals surface area contributed by atoms with E-state index in [1.165, 1.54) is 30.5 Å². The summed E-state index contributed by atoms with van der Waals surface area (Å²) in [4.78, 5) is 0. The van der Waals surface area contributed by atoms with E-state index in [1.807, 2.05) is 0 Å². The zero-order valence-electron chi connectivity index (χ0n) is 11.1. The average Bonchev–Trinajstić information content (AvgIpc) is 2.44. The van der Waals surface area contributed by atoms with Gasteiger partial charge in [0, 0.05) is 12.1 Å². The molecule has 0 aromatic rings. The Kier molecular flexibility index (Phi) is 2.85. The largest absolute Gasteiger partial charge is 0.284 e.